The molecule has 4 rings (SSSR count). The number of esters is 1. The van der Waals surface area contributed by atoms with E-state index in [4.69, 9.17) is 23.7 Å². The zero-order chi connectivity index (χ0) is 22.3. The molecule has 0 aromatic carbocycles. The highest BCUT2D eigenvalue weighted by atomic mass is 16.7. The fourth-order valence-electron chi connectivity index (χ4n) is 5.30. The van der Waals surface area contributed by atoms with Gasteiger partial charge in [0.15, 0.2) is 12.6 Å². The lowest BCUT2D eigenvalue weighted by Crippen LogP contribution is -2.32. The maximum absolute atomic E-state index is 12.0. The van der Waals surface area contributed by atoms with Gasteiger partial charge in [-0.15, -0.1) is 11.8 Å². The molecule has 1 aliphatic carbocycles. The topological polar surface area (TPSA) is 63.2 Å². The second-order valence-corrected chi connectivity index (χ2v) is 9.57. The number of hydrogen-bond acceptors (Lipinski definition) is 6. The van der Waals surface area contributed by atoms with Crippen LogP contribution in [0.4, 0.5) is 0 Å². The molecule has 3 aliphatic heterocycles. The van der Waals surface area contributed by atoms with Gasteiger partial charge >= 0.3 is 5.97 Å². The van der Waals surface area contributed by atoms with Gasteiger partial charge in [0.1, 0.15) is 6.10 Å². The summed E-state index contributed by atoms with van der Waals surface area (Å²) in [5, 5.41) is 0. The van der Waals surface area contributed by atoms with Crippen molar-refractivity contribution in [3.05, 3.63) is 12.2 Å². The van der Waals surface area contributed by atoms with Gasteiger partial charge in [0.05, 0.1) is 18.6 Å². The molecule has 4 fully saturated rings. The fraction of sp³-hybridized carbons (Fsp3) is 0.808. The standard InChI is InChI=1S/C26H38O6/c1-3-4-9-18(2)21(31-25-10-5-7-14-28-25)13-12-19-20-16-24(27)30-23(20)17-22(19)32-26-11-6-8-15-29-26/h12-13,18-23,25-26H,5-11,14-17H2,1-2H3/t18?,19-,20-,21-,22-,23+,25?,26?/m1/s1. The largest absolute Gasteiger partial charge is 0.462 e. The Morgan fingerprint density at radius 3 is 2.56 bits per heavy atom. The van der Waals surface area contributed by atoms with E-state index in [1.807, 2.05) is 6.92 Å². The molecule has 1 saturated carbocycles. The smallest absolute Gasteiger partial charge is 0.306 e. The summed E-state index contributed by atoms with van der Waals surface area (Å²) >= 11 is 0. The van der Waals surface area contributed by atoms with E-state index in [-0.39, 0.29) is 54.6 Å². The molecule has 0 N–H and O–H groups in total. The molecule has 3 heterocycles. The van der Waals surface area contributed by atoms with Crippen LogP contribution < -0.4 is 0 Å². The summed E-state index contributed by atoms with van der Waals surface area (Å²) in [6.07, 6.45) is 12.2. The van der Waals surface area contributed by atoms with Gasteiger partial charge in [0.25, 0.3) is 0 Å². The average molecular weight is 447 g/mol. The summed E-state index contributed by atoms with van der Waals surface area (Å²) in [5.41, 5.74) is 0. The number of rotatable bonds is 8. The van der Waals surface area contributed by atoms with E-state index in [1.54, 1.807) is 0 Å². The zero-order valence-electron chi connectivity index (χ0n) is 19.5. The highest BCUT2D eigenvalue weighted by Gasteiger charge is 2.50. The lowest BCUT2D eigenvalue weighted by molar-refractivity contribution is -0.194. The third-order valence-electron chi connectivity index (χ3n) is 7.15. The van der Waals surface area contributed by atoms with Gasteiger partial charge < -0.3 is 23.7 Å². The first-order valence-corrected chi connectivity index (χ1v) is 12.5. The van der Waals surface area contributed by atoms with Gasteiger partial charge in [-0.3, -0.25) is 4.79 Å². The molecule has 6 nitrogen and oxygen atoms in total. The van der Waals surface area contributed by atoms with Crippen LogP contribution in [0.3, 0.4) is 0 Å². The van der Waals surface area contributed by atoms with Crippen LogP contribution in [0, 0.1) is 29.6 Å². The monoisotopic (exact) mass is 446 g/mol. The van der Waals surface area contributed by atoms with Crippen molar-refractivity contribution >= 4 is 5.97 Å². The summed E-state index contributed by atoms with van der Waals surface area (Å²) in [7, 11) is 0. The number of hydrogen-bond donors (Lipinski definition) is 0. The predicted octanol–water partition coefficient (Wildman–Crippen LogP) is 4.37. The summed E-state index contributed by atoms with van der Waals surface area (Å²) in [4.78, 5) is 12.0. The highest BCUT2D eigenvalue weighted by Crippen LogP contribution is 2.44. The maximum Gasteiger partial charge on any atom is 0.306 e. The molecule has 0 aromatic heterocycles. The Hall–Kier alpha value is -1.39. The summed E-state index contributed by atoms with van der Waals surface area (Å²) in [6.45, 7) is 5.56. The van der Waals surface area contributed by atoms with Crippen molar-refractivity contribution in [1.29, 1.82) is 0 Å². The van der Waals surface area contributed by atoms with E-state index < -0.39 is 0 Å². The molecule has 6 heteroatoms. The van der Waals surface area contributed by atoms with Gasteiger partial charge in [-0.1, -0.05) is 19.1 Å². The van der Waals surface area contributed by atoms with Gasteiger partial charge in [-0.05, 0) is 51.4 Å². The van der Waals surface area contributed by atoms with E-state index >= 15 is 0 Å². The molecule has 4 aliphatic rings. The molecule has 3 saturated heterocycles. The lowest BCUT2D eigenvalue weighted by Gasteiger charge is -2.30. The first-order valence-electron chi connectivity index (χ1n) is 12.5. The highest BCUT2D eigenvalue weighted by molar-refractivity contribution is 5.72. The van der Waals surface area contributed by atoms with Crippen LogP contribution in [0.2, 0.25) is 0 Å². The van der Waals surface area contributed by atoms with Crippen LogP contribution in [-0.4, -0.2) is 50.1 Å². The van der Waals surface area contributed by atoms with Gasteiger partial charge in [0, 0.05) is 37.9 Å². The van der Waals surface area contributed by atoms with Gasteiger partial charge in [-0.2, -0.15) is 0 Å². The lowest BCUT2D eigenvalue weighted by atomic mass is 9.90. The molecular weight excluding hydrogens is 408 g/mol. The minimum atomic E-state index is -0.161. The van der Waals surface area contributed by atoms with E-state index in [0.29, 0.717) is 6.42 Å². The minimum absolute atomic E-state index is 0.00484. The van der Waals surface area contributed by atoms with Crippen molar-refractivity contribution in [2.24, 2.45) is 17.8 Å². The van der Waals surface area contributed by atoms with E-state index in [9.17, 15) is 4.79 Å². The second-order valence-electron chi connectivity index (χ2n) is 9.57. The quantitative estimate of drug-likeness (QED) is 0.313. The number of fused-ring (bicyclic) bond motifs is 1. The Morgan fingerprint density at radius 1 is 1.12 bits per heavy atom. The Kier molecular flexibility index (Phi) is 8.65. The first kappa shape index (κ1) is 23.8. The van der Waals surface area contributed by atoms with Crippen molar-refractivity contribution < 1.29 is 28.5 Å². The third-order valence-corrected chi connectivity index (χ3v) is 7.15. The Labute approximate surface area is 192 Å². The van der Waals surface area contributed by atoms with Crippen molar-refractivity contribution in [1.82, 2.24) is 0 Å². The molecule has 0 bridgehead atoms. The summed E-state index contributed by atoms with van der Waals surface area (Å²) < 4.78 is 30.1. The molecule has 0 aromatic rings. The molecule has 32 heavy (non-hydrogen) atoms. The molecule has 0 spiro atoms. The van der Waals surface area contributed by atoms with Crippen LogP contribution in [-0.2, 0) is 28.5 Å². The second kappa shape index (κ2) is 11.7. The maximum atomic E-state index is 12.0. The Balaban J connectivity index is 1.46. The molecule has 3 unspecified atom stereocenters. The number of carbonyl (C=O) groups excluding carboxylic acids is 1. The van der Waals surface area contributed by atoms with E-state index in [2.05, 4.69) is 30.9 Å². The van der Waals surface area contributed by atoms with Crippen LogP contribution >= 0.6 is 0 Å². The van der Waals surface area contributed by atoms with Crippen molar-refractivity contribution in [2.45, 2.75) is 103 Å². The van der Waals surface area contributed by atoms with E-state index in [0.717, 1.165) is 64.6 Å². The molecule has 8 atom stereocenters. The third kappa shape index (κ3) is 6.14. The minimum Gasteiger partial charge on any atom is -0.462 e. The molecule has 178 valence electrons. The Morgan fingerprint density at radius 2 is 1.88 bits per heavy atom. The predicted molar refractivity (Wildman–Crippen MR) is 119 cm³/mol. The summed E-state index contributed by atoms with van der Waals surface area (Å²) in [5.74, 6) is 6.59. The first-order chi connectivity index (χ1) is 15.6. The van der Waals surface area contributed by atoms with Crippen molar-refractivity contribution in [3.63, 3.8) is 0 Å². The number of ether oxygens (including phenoxy) is 5. The molecule has 0 amide bonds. The fourth-order valence-corrected chi connectivity index (χ4v) is 5.30. The zero-order valence-corrected chi connectivity index (χ0v) is 19.5. The van der Waals surface area contributed by atoms with Crippen molar-refractivity contribution in [2.75, 3.05) is 13.2 Å². The van der Waals surface area contributed by atoms with Crippen LogP contribution in [0.5, 0.6) is 0 Å². The van der Waals surface area contributed by atoms with Crippen LogP contribution in [0.25, 0.3) is 0 Å². The van der Waals surface area contributed by atoms with Gasteiger partial charge in [-0.25, -0.2) is 0 Å². The van der Waals surface area contributed by atoms with Crippen LogP contribution in [0.1, 0.15) is 71.6 Å². The Bertz CT molecular complexity index is 697. The summed E-state index contributed by atoms with van der Waals surface area (Å²) in [6, 6.07) is 0. The number of carbonyl (C=O) groups is 1. The van der Waals surface area contributed by atoms with Crippen LogP contribution in [0.15, 0.2) is 12.2 Å². The van der Waals surface area contributed by atoms with Gasteiger partial charge in [0.2, 0.25) is 0 Å². The molecule has 0 radical (unpaired) electrons. The average Bonchev–Trinajstić information content (AvgIpc) is 3.31. The van der Waals surface area contributed by atoms with Crippen molar-refractivity contribution in [3.8, 4) is 11.8 Å². The molecular formula is C26H38O6. The van der Waals surface area contributed by atoms with E-state index in [1.165, 1.54) is 0 Å². The normalized spacial score (nSPS) is 36.9. The SMILES string of the molecule is CC#CCC(C)[C@@H](C=C[C@@H]1[C@H]2CC(=O)O[C@H]2C[C@H]1OC1CCCCO1)OC1CCCCO1.